The molecule has 0 aliphatic carbocycles. The predicted molar refractivity (Wildman–Crippen MR) is 122 cm³/mol. The number of benzene rings is 2. The molecule has 1 aromatic heterocycles. The maximum Gasteiger partial charge on any atom is 0.416 e. The molecule has 4 nitrogen and oxygen atoms in total. The number of anilines is 1. The van der Waals surface area contributed by atoms with Crippen LogP contribution in [0.3, 0.4) is 0 Å². The molecule has 1 amide bonds. The number of carbonyl (C=O) groups excluding carboxylic acids is 1. The topological polar surface area (TPSA) is 36.4 Å². The Labute approximate surface area is 197 Å². The predicted octanol–water partition coefficient (Wildman–Crippen LogP) is 5.48. The second kappa shape index (κ2) is 10.1. The highest BCUT2D eigenvalue weighted by atomic mass is 32.2. The van der Waals surface area contributed by atoms with Crippen molar-refractivity contribution in [3.05, 3.63) is 76.5 Å². The standard InChI is InChI=1S/C23H21F4N3OS2/c24-18-6-4-16(5-7-18)14-32-22-28-19(15-33-22)13-21(31)30-10-8-29(9-11-30)20-3-1-2-17(12-20)23(25,26)27/h1-7,12,15H,8-11,13-14H2. The van der Waals surface area contributed by atoms with E-state index in [9.17, 15) is 22.4 Å². The van der Waals surface area contributed by atoms with Gasteiger partial charge in [-0.3, -0.25) is 4.79 Å². The molecular weight excluding hydrogens is 474 g/mol. The third-order valence-corrected chi connectivity index (χ3v) is 7.45. The Hall–Kier alpha value is -2.59. The number of alkyl halides is 3. The Balaban J connectivity index is 1.27. The first kappa shape index (κ1) is 23.6. The molecule has 4 rings (SSSR count). The molecule has 0 saturated carbocycles. The van der Waals surface area contributed by atoms with Gasteiger partial charge in [-0.1, -0.05) is 30.0 Å². The van der Waals surface area contributed by atoms with E-state index in [0.29, 0.717) is 43.3 Å². The normalized spacial score (nSPS) is 14.5. The number of rotatable bonds is 6. The lowest BCUT2D eigenvalue weighted by atomic mass is 10.1. The van der Waals surface area contributed by atoms with E-state index in [2.05, 4.69) is 4.98 Å². The second-order valence-corrected chi connectivity index (χ2v) is 9.69. The van der Waals surface area contributed by atoms with Crippen LogP contribution < -0.4 is 4.90 Å². The highest BCUT2D eigenvalue weighted by Crippen LogP contribution is 2.32. The zero-order chi connectivity index (χ0) is 23.4. The average Bonchev–Trinajstić information content (AvgIpc) is 3.25. The van der Waals surface area contributed by atoms with Crippen molar-refractivity contribution in [2.45, 2.75) is 22.7 Å². The Morgan fingerprint density at radius 3 is 2.48 bits per heavy atom. The van der Waals surface area contributed by atoms with Gasteiger partial charge in [0.25, 0.3) is 0 Å². The lowest BCUT2D eigenvalue weighted by molar-refractivity contribution is -0.137. The molecular formula is C23H21F4N3OS2. The maximum atomic E-state index is 13.0. The number of thiazole rings is 1. The number of nitrogens with zero attached hydrogens (tertiary/aromatic N) is 3. The zero-order valence-electron chi connectivity index (χ0n) is 17.5. The maximum absolute atomic E-state index is 13.0. The summed E-state index contributed by atoms with van der Waals surface area (Å²) in [6.45, 7) is 1.85. The molecule has 2 heterocycles. The quantitative estimate of drug-likeness (QED) is 0.335. The van der Waals surface area contributed by atoms with Crippen molar-refractivity contribution in [3.63, 3.8) is 0 Å². The van der Waals surface area contributed by atoms with E-state index in [1.165, 1.54) is 41.3 Å². The minimum Gasteiger partial charge on any atom is -0.368 e. The smallest absolute Gasteiger partial charge is 0.368 e. The molecule has 0 radical (unpaired) electrons. The monoisotopic (exact) mass is 495 g/mol. The molecule has 0 N–H and O–H groups in total. The van der Waals surface area contributed by atoms with E-state index in [1.54, 1.807) is 23.1 Å². The molecule has 1 aliphatic heterocycles. The zero-order valence-corrected chi connectivity index (χ0v) is 19.2. The van der Waals surface area contributed by atoms with Crippen LogP contribution in [0, 0.1) is 5.82 Å². The number of hydrogen-bond donors (Lipinski definition) is 0. The van der Waals surface area contributed by atoms with Crippen LogP contribution in [0.5, 0.6) is 0 Å². The van der Waals surface area contributed by atoms with Gasteiger partial charge in [0.05, 0.1) is 17.7 Å². The summed E-state index contributed by atoms with van der Waals surface area (Å²) in [6.07, 6.45) is -4.19. The van der Waals surface area contributed by atoms with Crippen LogP contribution in [-0.4, -0.2) is 42.0 Å². The van der Waals surface area contributed by atoms with Crippen LogP contribution in [0.15, 0.2) is 58.3 Å². The molecule has 1 aliphatic rings. The van der Waals surface area contributed by atoms with Gasteiger partial charge < -0.3 is 9.80 Å². The van der Waals surface area contributed by atoms with E-state index in [1.807, 2.05) is 10.3 Å². The summed E-state index contributed by atoms with van der Waals surface area (Å²) in [6, 6.07) is 11.6. The van der Waals surface area contributed by atoms with Crippen LogP contribution in [0.2, 0.25) is 0 Å². The highest BCUT2D eigenvalue weighted by molar-refractivity contribution is 8.00. The van der Waals surface area contributed by atoms with Crippen LogP contribution in [0.25, 0.3) is 0 Å². The van der Waals surface area contributed by atoms with Gasteiger partial charge in [0, 0.05) is 43.0 Å². The van der Waals surface area contributed by atoms with E-state index < -0.39 is 11.7 Å². The van der Waals surface area contributed by atoms with Crippen molar-refractivity contribution in [2.24, 2.45) is 0 Å². The van der Waals surface area contributed by atoms with Crippen molar-refractivity contribution in [1.29, 1.82) is 0 Å². The van der Waals surface area contributed by atoms with E-state index in [0.717, 1.165) is 22.0 Å². The Bertz CT molecular complexity index is 1090. The van der Waals surface area contributed by atoms with Crippen LogP contribution in [0.1, 0.15) is 16.8 Å². The number of amides is 1. The molecule has 10 heteroatoms. The van der Waals surface area contributed by atoms with Crippen LogP contribution in [-0.2, 0) is 23.1 Å². The molecule has 0 bridgehead atoms. The third kappa shape index (κ3) is 6.26. The van der Waals surface area contributed by atoms with Gasteiger partial charge in [0.1, 0.15) is 10.2 Å². The van der Waals surface area contributed by atoms with Crippen molar-refractivity contribution in [3.8, 4) is 0 Å². The summed E-state index contributed by atoms with van der Waals surface area (Å²) in [7, 11) is 0. The van der Waals surface area contributed by atoms with Crippen LogP contribution >= 0.6 is 23.1 Å². The first-order valence-corrected chi connectivity index (χ1v) is 12.2. The average molecular weight is 496 g/mol. The summed E-state index contributed by atoms with van der Waals surface area (Å²) in [4.78, 5) is 20.8. The minimum atomic E-state index is -4.38. The Kier molecular flexibility index (Phi) is 7.23. The molecule has 0 spiro atoms. The summed E-state index contributed by atoms with van der Waals surface area (Å²) in [5.74, 6) is 0.354. The fourth-order valence-electron chi connectivity index (χ4n) is 3.52. The Morgan fingerprint density at radius 1 is 1.06 bits per heavy atom. The number of hydrogen-bond acceptors (Lipinski definition) is 5. The first-order valence-electron chi connectivity index (χ1n) is 10.3. The third-order valence-electron chi connectivity index (χ3n) is 5.31. The van der Waals surface area contributed by atoms with Crippen LogP contribution in [0.4, 0.5) is 23.2 Å². The number of piperazine rings is 1. The van der Waals surface area contributed by atoms with Gasteiger partial charge in [-0.15, -0.1) is 11.3 Å². The molecule has 2 aromatic carbocycles. The van der Waals surface area contributed by atoms with Crippen molar-refractivity contribution in [1.82, 2.24) is 9.88 Å². The summed E-state index contributed by atoms with van der Waals surface area (Å²) < 4.78 is 52.8. The molecule has 1 saturated heterocycles. The van der Waals surface area contributed by atoms with Crippen molar-refractivity contribution >= 4 is 34.7 Å². The molecule has 1 fully saturated rings. The van der Waals surface area contributed by atoms with Crippen molar-refractivity contribution in [2.75, 3.05) is 31.1 Å². The number of aromatic nitrogens is 1. The van der Waals surface area contributed by atoms with E-state index in [4.69, 9.17) is 0 Å². The van der Waals surface area contributed by atoms with Gasteiger partial charge in [-0.25, -0.2) is 9.37 Å². The van der Waals surface area contributed by atoms with Crippen molar-refractivity contribution < 1.29 is 22.4 Å². The molecule has 0 unspecified atom stereocenters. The minimum absolute atomic E-state index is 0.0425. The Morgan fingerprint density at radius 2 is 1.79 bits per heavy atom. The molecule has 0 atom stereocenters. The van der Waals surface area contributed by atoms with Gasteiger partial charge in [0.2, 0.25) is 5.91 Å². The van der Waals surface area contributed by atoms with Gasteiger partial charge in [-0.2, -0.15) is 13.2 Å². The fourth-order valence-corrected chi connectivity index (χ4v) is 5.32. The first-order chi connectivity index (χ1) is 15.8. The van der Waals surface area contributed by atoms with Gasteiger partial charge in [0.15, 0.2) is 0 Å². The van der Waals surface area contributed by atoms with Gasteiger partial charge >= 0.3 is 6.18 Å². The van der Waals surface area contributed by atoms with E-state index in [-0.39, 0.29) is 18.1 Å². The SMILES string of the molecule is O=C(Cc1csc(SCc2ccc(F)cc2)n1)N1CCN(c2cccc(C(F)(F)F)c2)CC1. The second-order valence-electron chi connectivity index (χ2n) is 7.61. The molecule has 174 valence electrons. The lowest BCUT2D eigenvalue weighted by Crippen LogP contribution is -2.49. The van der Waals surface area contributed by atoms with E-state index >= 15 is 0 Å². The summed E-state index contributed by atoms with van der Waals surface area (Å²) in [5, 5.41) is 1.86. The molecule has 3 aromatic rings. The largest absolute Gasteiger partial charge is 0.416 e. The number of thioether (sulfide) groups is 1. The number of halogens is 4. The van der Waals surface area contributed by atoms with Gasteiger partial charge in [-0.05, 0) is 35.9 Å². The summed E-state index contributed by atoms with van der Waals surface area (Å²) >= 11 is 3.01. The molecule has 33 heavy (non-hydrogen) atoms. The highest BCUT2D eigenvalue weighted by Gasteiger charge is 2.31. The number of carbonyl (C=O) groups is 1. The summed E-state index contributed by atoms with van der Waals surface area (Å²) in [5.41, 5.74) is 1.54. The lowest BCUT2D eigenvalue weighted by Gasteiger charge is -2.36. The fraction of sp³-hybridized carbons (Fsp3) is 0.304.